The smallest absolute Gasteiger partial charge is 0.318 e. The first-order chi connectivity index (χ1) is 10.9. The Bertz CT molecular complexity index is 730. The maximum atomic E-state index is 11.2. The van der Waals surface area contributed by atoms with E-state index in [9.17, 15) is 14.9 Å². The number of nitro groups is 1. The van der Waals surface area contributed by atoms with E-state index in [1.54, 1.807) is 24.3 Å². The zero-order valence-corrected chi connectivity index (χ0v) is 14.1. The summed E-state index contributed by atoms with van der Waals surface area (Å²) in [5.41, 5.74) is 0.476. The number of nitro benzene ring substituents is 1. The molecule has 2 rings (SSSR count). The van der Waals surface area contributed by atoms with Crippen molar-refractivity contribution in [2.45, 2.75) is 9.79 Å². The van der Waals surface area contributed by atoms with Gasteiger partial charge in [0.2, 0.25) is 0 Å². The third-order valence-electron chi connectivity index (χ3n) is 2.75. The fourth-order valence-electron chi connectivity index (χ4n) is 1.67. The Kier molecular flexibility index (Phi) is 5.70. The second-order valence-corrected chi connectivity index (χ2v) is 6.22. The Morgan fingerprint density at radius 2 is 1.74 bits per heavy atom. The summed E-state index contributed by atoms with van der Waals surface area (Å²) in [5, 5.41) is 16.3. The minimum atomic E-state index is -0.550. The molecule has 9 heteroatoms. The number of rotatable bonds is 4. The quantitative estimate of drug-likeness (QED) is 0.596. The number of nitrogens with zero attached hydrogens (tertiary/aromatic N) is 1. The fourth-order valence-corrected chi connectivity index (χ4v) is 3.19. The lowest BCUT2D eigenvalue weighted by atomic mass is 10.3. The van der Waals surface area contributed by atoms with Crippen LogP contribution in [-0.2, 0) is 0 Å². The van der Waals surface area contributed by atoms with Crippen LogP contribution in [-0.4, -0.2) is 18.0 Å². The predicted molar refractivity (Wildman–Crippen MR) is 91.8 cm³/mol. The summed E-state index contributed by atoms with van der Waals surface area (Å²) in [6.45, 7) is 0. The highest BCUT2D eigenvalue weighted by atomic mass is 35.5. The van der Waals surface area contributed by atoms with Crippen LogP contribution in [0.15, 0.2) is 46.2 Å². The van der Waals surface area contributed by atoms with Crippen molar-refractivity contribution >= 4 is 52.4 Å². The number of carbonyl (C=O) groups is 1. The lowest BCUT2D eigenvalue weighted by Crippen LogP contribution is -2.24. The number of urea groups is 1. The van der Waals surface area contributed by atoms with Crippen LogP contribution in [0.3, 0.4) is 0 Å². The molecule has 120 valence electrons. The van der Waals surface area contributed by atoms with Crippen LogP contribution in [0.2, 0.25) is 10.0 Å². The highest BCUT2D eigenvalue weighted by Gasteiger charge is 2.15. The van der Waals surface area contributed by atoms with Gasteiger partial charge < -0.3 is 10.6 Å². The molecule has 0 radical (unpaired) electrons. The first kappa shape index (κ1) is 17.4. The molecule has 2 N–H and O–H groups in total. The Morgan fingerprint density at radius 3 is 2.22 bits per heavy atom. The normalized spacial score (nSPS) is 10.2. The Balaban J connectivity index is 2.19. The number of amides is 2. The number of non-ortho nitro benzene ring substituents is 1. The molecular formula is C14H11Cl2N3O3S. The molecule has 0 fully saturated rings. The summed E-state index contributed by atoms with van der Waals surface area (Å²) in [5.74, 6) is 0. The van der Waals surface area contributed by atoms with Gasteiger partial charge in [0.1, 0.15) is 0 Å². The van der Waals surface area contributed by atoms with E-state index >= 15 is 0 Å². The third kappa shape index (κ3) is 4.51. The SMILES string of the molecule is CNC(=O)Nc1ccc(Sc2c(Cl)cc([N+](=O)[O-])cc2Cl)cc1. The highest BCUT2D eigenvalue weighted by Crippen LogP contribution is 2.41. The third-order valence-corrected chi connectivity index (χ3v) is 4.73. The molecule has 6 nitrogen and oxygen atoms in total. The maximum Gasteiger partial charge on any atom is 0.318 e. The molecule has 2 amide bonds. The van der Waals surface area contributed by atoms with Crippen LogP contribution in [0.25, 0.3) is 0 Å². The molecule has 0 saturated heterocycles. The van der Waals surface area contributed by atoms with Gasteiger partial charge in [-0.05, 0) is 24.3 Å². The minimum absolute atomic E-state index is 0.158. The van der Waals surface area contributed by atoms with E-state index in [0.29, 0.717) is 10.6 Å². The van der Waals surface area contributed by atoms with Crippen molar-refractivity contribution in [3.05, 3.63) is 56.6 Å². The van der Waals surface area contributed by atoms with Gasteiger partial charge in [0.25, 0.3) is 5.69 Å². The zero-order chi connectivity index (χ0) is 17.0. The topological polar surface area (TPSA) is 84.3 Å². The monoisotopic (exact) mass is 371 g/mol. The molecular weight excluding hydrogens is 361 g/mol. The molecule has 0 bridgehead atoms. The number of nitrogens with one attached hydrogen (secondary N) is 2. The van der Waals surface area contributed by atoms with Crippen LogP contribution >= 0.6 is 35.0 Å². The number of hydrogen-bond donors (Lipinski definition) is 2. The first-order valence-corrected chi connectivity index (χ1v) is 7.88. The molecule has 0 atom stereocenters. The Labute approximate surface area is 146 Å². The minimum Gasteiger partial charge on any atom is -0.341 e. The van der Waals surface area contributed by atoms with E-state index in [4.69, 9.17) is 23.2 Å². The zero-order valence-electron chi connectivity index (χ0n) is 11.8. The van der Waals surface area contributed by atoms with Gasteiger partial charge in [-0.2, -0.15) is 0 Å². The second-order valence-electron chi connectivity index (χ2n) is 4.33. The van der Waals surface area contributed by atoms with Gasteiger partial charge in [0.05, 0.1) is 15.0 Å². The van der Waals surface area contributed by atoms with Gasteiger partial charge in [-0.15, -0.1) is 0 Å². The fraction of sp³-hybridized carbons (Fsp3) is 0.0714. The molecule has 0 saturated carbocycles. The Hall–Kier alpha value is -1.96. The highest BCUT2D eigenvalue weighted by molar-refractivity contribution is 7.99. The average Bonchev–Trinajstić information content (AvgIpc) is 2.52. The summed E-state index contributed by atoms with van der Waals surface area (Å²) in [6.07, 6.45) is 0. The van der Waals surface area contributed by atoms with E-state index in [1.807, 2.05) is 0 Å². The molecule has 0 heterocycles. The van der Waals surface area contributed by atoms with Gasteiger partial charge in [0, 0.05) is 34.7 Å². The van der Waals surface area contributed by atoms with E-state index in [-0.39, 0.29) is 21.8 Å². The summed E-state index contributed by atoms with van der Waals surface area (Å²) in [7, 11) is 1.53. The standard InChI is InChI=1S/C14H11Cl2N3O3S/c1-17-14(20)18-8-2-4-10(5-3-8)23-13-11(15)6-9(19(21)22)7-12(13)16/h2-7H,1H3,(H2,17,18,20). The molecule has 2 aromatic carbocycles. The van der Waals surface area contributed by atoms with Crippen molar-refractivity contribution in [2.75, 3.05) is 12.4 Å². The lowest BCUT2D eigenvalue weighted by molar-refractivity contribution is -0.384. The lowest BCUT2D eigenvalue weighted by Gasteiger charge is -2.08. The number of benzene rings is 2. The molecule has 23 heavy (non-hydrogen) atoms. The molecule has 0 aliphatic heterocycles. The van der Waals surface area contributed by atoms with Crippen LogP contribution in [0.4, 0.5) is 16.2 Å². The first-order valence-electron chi connectivity index (χ1n) is 6.31. The van der Waals surface area contributed by atoms with E-state index in [2.05, 4.69) is 10.6 Å². The summed E-state index contributed by atoms with van der Waals surface area (Å²) in [4.78, 5) is 22.8. The number of halogens is 2. The molecule has 2 aromatic rings. The molecule has 0 aromatic heterocycles. The summed E-state index contributed by atoms with van der Waals surface area (Å²) < 4.78 is 0. The van der Waals surface area contributed by atoms with E-state index in [0.717, 1.165) is 4.90 Å². The van der Waals surface area contributed by atoms with Gasteiger partial charge >= 0.3 is 6.03 Å². The van der Waals surface area contributed by atoms with Crippen molar-refractivity contribution in [2.24, 2.45) is 0 Å². The van der Waals surface area contributed by atoms with Crippen LogP contribution in [0, 0.1) is 10.1 Å². The predicted octanol–water partition coefficient (Wildman–Crippen LogP) is 4.80. The van der Waals surface area contributed by atoms with Crippen molar-refractivity contribution in [1.29, 1.82) is 0 Å². The second kappa shape index (κ2) is 7.54. The molecule has 0 unspecified atom stereocenters. The largest absolute Gasteiger partial charge is 0.341 e. The number of hydrogen-bond acceptors (Lipinski definition) is 4. The number of anilines is 1. The van der Waals surface area contributed by atoms with Crippen molar-refractivity contribution < 1.29 is 9.72 Å². The average molecular weight is 372 g/mol. The summed E-state index contributed by atoms with van der Waals surface area (Å²) in [6, 6.07) is 9.23. The van der Waals surface area contributed by atoms with Gasteiger partial charge in [0.15, 0.2) is 0 Å². The molecule has 0 aliphatic carbocycles. The summed E-state index contributed by atoms with van der Waals surface area (Å²) >= 11 is 13.4. The van der Waals surface area contributed by atoms with E-state index < -0.39 is 4.92 Å². The van der Waals surface area contributed by atoms with Gasteiger partial charge in [-0.3, -0.25) is 10.1 Å². The van der Waals surface area contributed by atoms with Crippen molar-refractivity contribution in [1.82, 2.24) is 5.32 Å². The molecule has 0 spiro atoms. The number of carbonyl (C=O) groups excluding carboxylic acids is 1. The molecule has 0 aliphatic rings. The van der Waals surface area contributed by atoms with Gasteiger partial charge in [-0.25, -0.2) is 4.79 Å². The van der Waals surface area contributed by atoms with Crippen molar-refractivity contribution in [3.8, 4) is 0 Å². The van der Waals surface area contributed by atoms with Crippen LogP contribution < -0.4 is 10.6 Å². The van der Waals surface area contributed by atoms with E-state index in [1.165, 1.54) is 30.9 Å². The Morgan fingerprint density at radius 1 is 1.17 bits per heavy atom. The van der Waals surface area contributed by atoms with Crippen molar-refractivity contribution in [3.63, 3.8) is 0 Å². The maximum absolute atomic E-state index is 11.2. The van der Waals surface area contributed by atoms with Crippen LogP contribution in [0.5, 0.6) is 0 Å². The van der Waals surface area contributed by atoms with Crippen LogP contribution in [0.1, 0.15) is 0 Å². The van der Waals surface area contributed by atoms with Gasteiger partial charge in [-0.1, -0.05) is 35.0 Å².